The number of fused-ring (bicyclic) bond motifs is 1. The molecule has 0 spiro atoms. The first kappa shape index (κ1) is 20.6. The van der Waals surface area contributed by atoms with Crippen molar-refractivity contribution in [3.63, 3.8) is 0 Å². The third-order valence-corrected chi connectivity index (χ3v) is 6.38. The molecule has 1 fully saturated rings. The van der Waals surface area contributed by atoms with E-state index in [1.165, 1.54) is 24.5 Å². The van der Waals surface area contributed by atoms with Gasteiger partial charge in [-0.3, -0.25) is 13.9 Å². The molecule has 0 radical (unpaired) electrons. The van der Waals surface area contributed by atoms with Crippen molar-refractivity contribution in [3.8, 4) is 0 Å². The van der Waals surface area contributed by atoms with E-state index in [2.05, 4.69) is 14.9 Å². The van der Waals surface area contributed by atoms with Gasteiger partial charge >= 0.3 is 5.69 Å². The van der Waals surface area contributed by atoms with Gasteiger partial charge in [-0.15, -0.1) is 0 Å². The molecule has 160 valence electrons. The lowest BCUT2D eigenvalue weighted by Crippen LogP contribution is -2.37. The van der Waals surface area contributed by atoms with Crippen molar-refractivity contribution in [2.24, 2.45) is 14.1 Å². The molecule has 0 atom stereocenters. The van der Waals surface area contributed by atoms with Gasteiger partial charge in [0.2, 0.25) is 5.95 Å². The van der Waals surface area contributed by atoms with Crippen LogP contribution in [0.4, 0.5) is 5.95 Å². The van der Waals surface area contributed by atoms with E-state index in [0.29, 0.717) is 23.5 Å². The zero-order chi connectivity index (χ0) is 21.3. The molecule has 9 nitrogen and oxygen atoms in total. The Balaban J connectivity index is 1.75. The van der Waals surface area contributed by atoms with Crippen molar-refractivity contribution in [3.05, 3.63) is 38.8 Å². The molecule has 0 aliphatic carbocycles. The first-order valence-electron chi connectivity index (χ1n) is 10.3. The zero-order valence-corrected chi connectivity index (χ0v) is 18.5. The number of anilines is 1. The summed E-state index contributed by atoms with van der Waals surface area (Å²) in [7, 11) is 3.19. The fourth-order valence-corrected chi connectivity index (χ4v) is 4.68. The molecule has 0 saturated carbocycles. The quantitative estimate of drug-likeness (QED) is 0.450. The van der Waals surface area contributed by atoms with Gasteiger partial charge < -0.3 is 9.47 Å². The molecule has 4 heterocycles. The predicted molar refractivity (Wildman–Crippen MR) is 118 cm³/mol. The van der Waals surface area contributed by atoms with Gasteiger partial charge in [-0.05, 0) is 25.8 Å². The second-order valence-electron chi connectivity index (χ2n) is 7.67. The van der Waals surface area contributed by atoms with Crippen molar-refractivity contribution in [1.29, 1.82) is 0 Å². The molecule has 0 bridgehead atoms. The van der Waals surface area contributed by atoms with Crippen LogP contribution in [0.25, 0.3) is 11.2 Å². The van der Waals surface area contributed by atoms with Crippen LogP contribution < -0.4 is 16.1 Å². The van der Waals surface area contributed by atoms with E-state index in [4.69, 9.17) is 4.98 Å². The summed E-state index contributed by atoms with van der Waals surface area (Å²) in [5, 5.41) is 0.719. The Morgan fingerprint density at radius 3 is 2.47 bits per heavy atom. The second-order valence-corrected chi connectivity index (χ2v) is 8.73. The van der Waals surface area contributed by atoms with E-state index in [1.807, 2.05) is 17.6 Å². The number of hydrogen-bond donors (Lipinski definition) is 0. The third-order valence-electron chi connectivity index (χ3n) is 5.54. The van der Waals surface area contributed by atoms with Crippen molar-refractivity contribution >= 4 is 28.9 Å². The summed E-state index contributed by atoms with van der Waals surface area (Å²) < 4.78 is 4.60. The van der Waals surface area contributed by atoms with E-state index in [1.54, 1.807) is 25.0 Å². The smallest absolute Gasteiger partial charge is 0.332 e. The van der Waals surface area contributed by atoms with E-state index in [9.17, 15) is 9.59 Å². The summed E-state index contributed by atoms with van der Waals surface area (Å²) in [6.45, 7) is 4.34. The molecule has 3 aromatic heterocycles. The lowest BCUT2D eigenvalue weighted by molar-refractivity contribution is 0.691. The first-order chi connectivity index (χ1) is 14.5. The van der Waals surface area contributed by atoms with Crippen LogP contribution in [0.1, 0.15) is 31.4 Å². The van der Waals surface area contributed by atoms with Crippen molar-refractivity contribution < 1.29 is 0 Å². The maximum absolute atomic E-state index is 13.0. The molecule has 0 N–H and O–H groups in total. The van der Waals surface area contributed by atoms with Crippen LogP contribution in [0.2, 0.25) is 0 Å². The fraction of sp³-hybridized carbons (Fsp3) is 0.550. The Labute approximate surface area is 178 Å². The van der Waals surface area contributed by atoms with Crippen LogP contribution in [0, 0.1) is 6.92 Å². The highest BCUT2D eigenvalue weighted by atomic mass is 32.2. The SMILES string of the molecule is Cc1ccnc(SCCn2c(N3CCCCCC3)nc3c2c(=O)n(C)c(=O)n3C)n1. The zero-order valence-electron chi connectivity index (χ0n) is 17.7. The monoisotopic (exact) mass is 429 g/mol. The number of thioether (sulfide) groups is 1. The van der Waals surface area contributed by atoms with Gasteiger partial charge in [-0.1, -0.05) is 24.6 Å². The van der Waals surface area contributed by atoms with Gasteiger partial charge in [-0.25, -0.2) is 14.8 Å². The molecule has 0 aromatic carbocycles. The molecule has 3 aromatic rings. The summed E-state index contributed by atoms with van der Waals surface area (Å²) in [6.07, 6.45) is 6.37. The van der Waals surface area contributed by atoms with Gasteiger partial charge in [0, 0.05) is 51.4 Å². The molecule has 0 unspecified atom stereocenters. The van der Waals surface area contributed by atoms with Crippen molar-refractivity contribution in [2.45, 2.75) is 44.3 Å². The summed E-state index contributed by atoms with van der Waals surface area (Å²) in [6, 6.07) is 1.87. The second kappa shape index (κ2) is 8.63. The number of aryl methyl sites for hydroxylation is 3. The molecular weight excluding hydrogens is 402 g/mol. The molecule has 1 saturated heterocycles. The maximum Gasteiger partial charge on any atom is 0.332 e. The molecule has 4 rings (SSSR count). The summed E-state index contributed by atoms with van der Waals surface area (Å²) >= 11 is 1.55. The first-order valence-corrected chi connectivity index (χ1v) is 11.3. The van der Waals surface area contributed by atoms with E-state index in [-0.39, 0.29) is 11.2 Å². The number of nitrogens with zero attached hydrogens (tertiary/aromatic N) is 7. The Kier molecular flexibility index (Phi) is 5.94. The molecule has 1 aliphatic rings. The van der Waals surface area contributed by atoms with E-state index < -0.39 is 0 Å². The Morgan fingerprint density at radius 2 is 1.77 bits per heavy atom. The van der Waals surface area contributed by atoms with Gasteiger partial charge in [0.05, 0.1) is 0 Å². The maximum atomic E-state index is 13.0. The normalized spacial score (nSPS) is 15.0. The van der Waals surface area contributed by atoms with E-state index in [0.717, 1.165) is 47.3 Å². The molecule has 1 aliphatic heterocycles. The van der Waals surface area contributed by atoms with Gasteiger partial charge in [-0.2, -0.15) is 4.98 Å². The van der Waals surface area contributed by atoms with E-state index >= 15 is 0 Å². The molecule has 10 heteroatoms. The largest absolute Gasteiger partial charge is 0.342 e. The van der Waals surface area contributed by atoms with Crippen LogP contribution in [-0.2, 0) is 20.6 Å². The van der Waals surface area contributed by atoms with Crippen LogP contribution in [0.3, 0.4) is 0 Å². The lowest BCUT2D eigenvalue weighted by Gasteiger charge is -2.22. The van der Waals surface area contributed by atoms with Gasteiger partial charge in [0.25, 0.3) is 5.56 Å². The highest BCUT2D eigenvalue weighted by Gasteiger charge is 2.23. The number of aromatic nitrogens is 6. The lowest BCUT2D eigenvalue weighted by atomic mass is 10.2. The van der Waals surface area contributed by atoms with Gasteiger partial charge in [0.15, 0.2) is 16.3 Å². The molecule has 0 amide bonds. The van der Waals surface area contributed by atoms with Crippen molar-refractivity contribution in [1.82, 2.24) is 28.7 Å². The Morgan fingerprint density at radius 1 is 1.03 bits per heavy atom. The highest BCUT2D eigenvalue weighted by Crippen LogP contribution is 2.24. The molecular formula is C20H27N7O2S. The third kappa shape index (κ3) is 3.88. The minimum atomic E-state index is -0.359. The van der Waals surface area contributed by atoms with Crippen LogP contribution in [0.15, 0.2) is 27.0 Å². The number of hydrogen-bond acceptors (Lipinski definition) is 7. The van der Waals surface area contributed by atoms with Crippen LogP contribution >= 0.6 is 11.8 Å². The number of rotatable bonds is 5. The average molecular weight is 430 g/mol. The average Bonchev–Trinajstić information content (AvgIpc) is 2.91. The standard InChI is InChI=1S/C20H27N7O2S/c1-14-8-9-21-18(22-14)30-13-12-27-15-16(24(2)20(29)25(3)17(15)28)23-19(27)26-10-6-4-5-7-11-26/h8-9H,4-7,10-13H2,1-3H3. The molecule has 30 heavy (non-hydrogen) atoms. The predicted octanol–water partition coefficient (Wildman–Crippen LogP) is 1.70. The summed E-state index contributed by atoms with van der Waals surface area (Å²) in [4.78, 5) is 41.2. The Hall–Kier alpha value is -2.62. The summed E-state index contributed by atoms with van der Waals surface area (Å²) in [5.41, 5.74) is 1.18. The summed E-state index contributed by atoms with van der Waals surface area (Å²) in [5.74, 6) is 1.47. The van der Waals surface area contributed by atoms with Gasteiger partial charge in [0.1, 0.15) is 0 Å². The Bertz CT molecular complexity index is 1170. The van der Waals surface area contributed by atoms with Crippen LogP contribution in [-0.4, -0.2) is 47.5 Å². The van der Waals surface area contributed by atoms with Crippen molar-refractivity contribution in [2.75, 3.05) is 23.7 Å². The minimum Gasteiger partial charge on any atom is -0.342 e. The number of imidazole rings is 1. The fourth-order valence-electron chi connectivity index (χ4n) is 3.88. The van der Waals surface area contributed by atoms with Crippen LogP contribution in [0.5, 0.6) is 0 Å². The topological polar surface area (TPSA) is 90.8 Å². The highest BCUT2D eigenvalue weighted by molar-refractivity contribution is 7.99. The minimum absolute atomic E-state index is 0.307.